The van der Waals surface area contributed by atoms with Gasteiger partial charge in [0.15, 0.2) is 0 Å². The zero-order valence-electron chi connectivity index (χ0n) is 10.7. The maximum atomic E-state index is 11.7. The first kappa shape index (κ1) is 15.1. The van der Waals surface area contributed by atoms with Gasteiger partial charge in [-0.3, -0.25) is 0 Å². The Morgan fingerprint density at radius 2 is 1.94 bits per heavy atom. The first-order valence-corrected chi connectivity index (χ1v) is 7.81. The lowest BCUT2D eigenvalue weighted by molar-refractivity contribution is 0.263. The molecule has 0 fully saturated rings. The Labute approximate surface area is 109 Å². The molecule has 0 aliphatic carbocycles. The molecule has 0 amide bonds. The standard InChI is InChI=1S/C13H21NO3S/c1-12(7-9-15)11-14-18(16,17)10-8-13-5-3-2-4-6-13/h2-6,12,14-15H,7-11H2,1H3. The minimum absolute atomic E-state index is 0.0902. The van der Waals surface area contributed by atoms with Crippen LogP contribution in [0, 0.1) is 5.92 Å². The summed E-state index contributed by atoms with van der Waals surface area (Å²) in [6.45, 7) is 2.39. The summed E-state index contributed by atoms with van der Waals surface area (Å²) in [6.07, 6.45) is 1.13. The number of sulfonamides is 1. The summed E-state index contributed by atoms with van der Waals surface area (Å²) in [5, 5.41) is 8.74. The molecule has 0 aliphatic heterocycles. The van der Waals surface area contributed by atoms with Gasteiger partial charge in [0.05, 0.1) is 5.75 Å². The summed E-state index contributed by atoms with van der Waals surface area (Å²) in [5.74, 6) is 0.254. The molecule has 0 heterocycles. The van der Waals surface area contributed by atoms with Gasteiger partial charge in [-0.2, -0.15) is 0 Å². The lowest BCUT2D eigenvalue weighted by atomic mass is 10.1. The van der Waals surface area contributed by atoms with Gasteiger partial charge in [-0.25, -0.2) is 13.1 Å². The average Bonchev–Trinajstić information content (AvgIpc) is 2.36. The van der Waals surface area contributed by atoms with Gasteiger partial charge >= 0.3 is 0 Å². The summed E-state index contributed by atoms with van der Waals surface area (Å²) in [4.78, 5) is 0. The van der Waals surface area contributed by atoms with E-state index in [1.165, 1.54) is 0 Å². The third kappa shape index (κ3) is 6.14. The Kier molecular flexibility index (Phi) is 6.32. The fourth-order valence-electron chi connectivity index (χ4n) is 1.56. The molecule has 1 unspecified atom stereocenters. The Balaban J connectivity index is 2.36. The van der Waals surface area contributed by atoms with Gasteiger partial charge in [0, 0.05) is 13.2 Å². The largest absolute Gasteiger partial charge is 0.396 e. The number of nitrogens with one attached hydrogen (secondary N) is 1. The Hall–Kier alpha value is -0.910. The van der Waals surface area contributed by atoms with Gasteiger partial charge in [-0.15, -0.1) is 0 Å². The SMILES string of the molecule is CC(CCO)CNS(=O)(=O)CCc1ccccc1. The van der Waals surface area contributed by atoms with Gasteiger partial charge in [0.25, 0.3) is 0 Å². The third-order valence-corrected chi connectivity index (χ3v) is 4.12. The van der Waals surface area contributed by atoms with Crippen molar-refractivity contribution in [1.82, 2.24) is 4.72 Å². The van der Waals surface area contributed by atoms with Crippen LogP contribution in [0.2, 0.25) is 0 Å². The molecule has 0 aromatic heterocycles. The van der Waals surface area contributed by atoms with E-state index in [9.17, 15) is 8.42 Å². The van der Waals surface area contributed by atoms with Crippen LogP contribution < -0.4 is 4.72 Å². The number of aliphatic hydroxyl groups excluding tert-OH is 1. The van der Waals surface area contributed by atoms with Crippen LogP contribution in [0.15, 0.2) is 30.3 Å². The summed E-state index contributed by atoms with van der Waals surface area (Å²) in [6, 6.07) is 9.55. The lowest BCUT2D eigenvalue weighted by Crippen LogP contribution is -2.31. The van der Waals surface area contributed by atoms with Gasteiger partial charge in [-0.1, -0.05) is 37.3 Å². The maximum absolute atomic E-state index is 11.7. The zero-order chi connectivity index (χ0) is 13.4. The fraction of sp³-hybridized carbons (Fsp3) is 0.538. The van der Waals surface area contributed by atoms with Crippen molar-refractivity contribution in [2.75, 3.05) is 18.9 Å². The topological polar surface area (TPSA) is 66.4 Å². The van der Waals surface area contributed by atoms with Crippen molar-refractivity contribution >= 4 is 10.0 Å². The van der Waals surface area contributed by atoms with Gasteiger partial charge in [0.2, 0.25) is 10.0 Å². The number of aryl methyl sites for hydroxylation is 1. The number of hydrogen-bond acceptors (Lipinski definition) is 3. The monoisotopic (exact) mass is 271 g/mol. The number of benzene rings is 1. The molecule has 1 aromatic rings. The normalized spacial score (nSPS) is 13.4. The van der Waals surface area contributed by atoms with Crippen LogP contribution in [0.4, 0.5) is 0 Å². The molecule has 2 N–H and O–H groups in total. The van der Waals surface area contributed by atoms with Crippen LogP contribution in [0.5, 0.6) is 0 Å². The maximum Gasteiger partial charge on any atom is 0.211 e. The van der Waals surface area contributed by atoms with Crippen LogP contribution >= 0.6 is 0 Å². The van der Waals surface area contributed by atoms with Gasteiger partial charge < -0.3 is 5.11 Å². The van der Waals surface area contributed by atoms with Crippen LogP contribution in [0.25, 0.3) is 0 Å². The van der Waals surface area contributed by atoms with Gasteiger partial charge in [0.1, 0.15) is 0 Å². The van der Waals surface area contributed by atoms with Crippen molar-refractivity contribution in [3.8, 4) is 0 Å². The van der Waals surface area contributed by atoms with Crippen molar-refractivity contribution in [3.63, 3.8) is 0 Å². The van der Waals surface area contributed by atoms with Crippen molar-refractivity contribution in [3.05, 3.63) is 35.9 Å². The molecular formula is C13H21NO3S. The highest BCUT2D eigenvalue weighted by atomic mass is 32.2. The molecule has 102 valence electrons. The van der Waals surface area contributed by atoms with Crippen molar-refractivity contribution in [2.45, 2.75) is 19.8 Å². The van der Waals surface area contributed by atoms with E-state index in [0.29, 0.717) is 19.4 Å². The summed E-state index contributed by atoms with van der Waals surface area (Å²) in [7, 11) is -3.22. The van der Waals surface area contributed by atoms with E-state index in [1.54, 1.807) is 0 Å². The highest BCUT2D eigenvalue weighted by Crippen LogP contribution is 2.03. The number of hydrogen-bond donors (Lipinski definition) is 2. The molecule has 0 spiro atoms. The fourth-order valence-corrected chi connectivity index (χ4v) is 2.75. The molecular weight excluding hydrogens is 250 g/mol. The quantitative estimate of drug-likeness (QED) is 0.746. The first-order chi connectivity index (χ1) is 8.53. The second-order valence-corrected chi connectivity index (χ2v) is 6.45. The van der Waals surface area contributed by atoms with Gasteiger partial charge in [-0.05, 0) is 24.3 Å². The molecule has 0 radical (unpaired) electrons. The number of rotatable bonds is 8. The predicted octanol–water partition coefficient (Wildman–Crippen LogP) is 1.17. The molecule has 0 aliphatic rings. The molecule has 1 rings (SSSR count). The molecule has 0 bridgehead atoms. The molecule has 5 heteroatoms. The Morgan fingerprint density at radius 1 is 1.28 bits per heavy atom. The zero-order valence-corrected chi connectivity index (χ0v) is 11.5. The lowest BCUT2D eigenvalue weighted by Gasteiger charge is -2.11. The van der Waals surface area contributed by atoms with E-state index in [-0.39, 0.29) is 18.3 Å². The second-order valence-electron chi connectivity index (χ2n) is 4.52. The van der Waals surface area contributed by atoms with E-state index in [1.807, 2.05) is 37.3 Å². The van der Waals surface area contributed by atoms with E-state index >= 15 is 0 Å². The molecule has 1 aromatic carbocycles. The highest BCUT2D eigenvalue weighted by Gasteiger charge is 2.11. The first-order valence-electron chi connectivity index (χ1n) is 6.15. The van der Waals surface area contributed by atoms with Crippen molar-refractivity contribution in [1.29, 1.82) is 0 Å². The minimum atomic E-state index is -3.22. The average molecular weight is 271 g/mol. The Bertz CT molecular complexity index is 431. The highest BCUT2D eigenvalue weighted by molar-refractivity contribution is 7.89. The summed E-state index contributed by atoms with van der Waals surface area (Å²) < 4.78 is 26.1. The molecule has 1 atom stereocenters. The minimum Gasteiger partial charge on any atom is -0.396 e. The van der Waals surface area contributed by atoms with E-state index < -0.39 is 10.0 Å². The molecule has 0 saturated carbocycles. The van der Waals surface area contributed by atoms with Crippen LogP contribution in [-0.4, -0.2) is 32.4 Å². The van der Waals surface area contributed by atoms with Crippen molar-refractivity contribution in [2.24, 2.45) is 5.92 Å². The number of aliphatic hydroxyl groups is 1. The summed E-state index contributed by atoms with van der Waals surface area (Å²) in [5.41, 5.74) is 1.02. The van der Waals surface area contributed by atoms with E-state index in [4.69, 9.17) is 5.11 Å². The molecule has 0 saturated heterocycles. The van der Waals surface area contributed by atoms with Crippen LogP contribution in [-0.2, 0) is 16.4 Å². The van der Waals surface area contributed by atoms with Crippen molar-refractivity contribution < 1.29 is 13.5 Å². The van der Waals surface area contributed by atoms with E-state index in [2.05, 4.69) is 4.72 Å². The third-order valence-electron chi connectivity index (χ3n) is 2.78. The van der Waals surface area contributed by atoms with E-state index in [0.717, 1.165) is 5.56 Å². The second kappa shape index (κ2) is 7.51. The molecule has 4 nitrogen and oxygen atoms in total. The summed E-state index contributed by atoms with van der Waals surface area (Å²) >= 11 is 0. The smallest absolute Gasteiger partial charge is 0.211 e. The Morgan fingerprint density at radius 3 is 2.56 bits per heavy atom. The molecule has 18 heavy (non-hydrogen) atoms. The van der Waals surface area contributed by atoms with Crippen LogP contribution in [0.3, 0.4) is 0 Å². The predicted molar refractivity (Wildman–Crippen MR) is 72.8 cm³/mol. The van der Waals surface area contributed by atoms with Crippen LogP contribution in [0.1, 0.15) is 18.9 Å².